The normalized spacial score (nSPS) is 35.6. The Hall–Kier alpha value is -0.0800. The number of nitrogens with zero attached hydrogens (tertiary/aromatic N) is 1. The second-order valence-electron chi connectivity index (χ2n) is 6.30. The Balaban J connectivity index is 1.80. The first-order chi connectivity index (χ1) is 8.20. The van der Waals surface area contributed by atoms with Crippen LogP contribution in [0.5, 0.6) is 0 Å². The zero-order valence-electron chi connectivity index (χ0n) is 11.9. The molecule has 0 aromatic rings. The van der Waals surface area contributed by atoms with Gasteiger partial charge >= 0.3 is 0 Å². The molecule has 2 rings (SSSR count). The minimum atomic E-state index is 0.718. The molecule has 0 radical (unpaired) electrons. The number of hydrogen-bond donors (Lipinski definition) is 1. The van der Waals surface area contributed by atoms with Crippen LogP contribution in [0.15, 0.2) is 0 Å². The van der Waals surface area contributed by atoms with Crippen molar-refractivity contribution >= 4 is 0 Å². The fourth-order valence-electron chi connectivity index (χ4n) is 3.61. The molecule has 0 spiro atoms. The van der Waals surface area contributed by atoms with E-state index in [9.17, 15) is 0 Å². The lowest BCUT2D eigenvalue weighted by Crippen LogP contribution is -2.45. The summed E-state index contributed by atoms with van der Waals surface area (Å²) in [4.78, 5) is 2.61. The lowest BCUT2D eigenvalue weighted by atomic mass is 9.82. The second-order valence-corrected chi connectivity index (χ2v) is 6.30. The van der Waals surface area contributed by atoms with E-state index in [4.69, 9.17) is 0 Å². The minimum Gasteiger partial charge on any atom is -0.310 e. The molecule has 2 fully saturated rings. The fourth-order valence-corrected chi connectivity index (χ4v) is 3.61. The molecule has 3 atom stereocenters. The third-order valence-corrected chi connectivity index (χ3v) is 4.83. The molecule has 3 unspecified atom stereocenters. The van der Waals surface area contributed by atoms with Crippen LogP contribution in [0.2, 0.25) is 0 Å². The van der Waals surface area contributed by atoms with Crippen LogP contribution in [0.25, 0.3) is 0 Å². The summed E-state index contributed by atoms with van der Waals surface area (Å²) in [5, 5.41) is 3.96. The van der Waals surface area contributed by atoms with Crippen molar-refractivity contribution in [2.45, 2.75) is 77.4 Å². The van der Waals surface area contributed by atoms with Crippen LogP contribution in [0, 0.1) is 5.92 Å². The van der Waals surface area contributed by atoms with Gasteiger partial charge in [0.25, 0.3) is 0 Å². The molecule has 1 saturated heterocycles. The summed E-state index contributed by atoms with van der Waals surface area (Å²) in [7, 11) is 0. The average Bonchev–Trinajstić information content (AvgIpc) is 2.78. The van der Waals surface area contributed by atoms with Crippen LogP contribution in [-0.2, 0) is 0 Å². The van der Waals surface area contributed by atoms with Crippen LogP contribution in [0.1, 0.15) is 59.3 Å². The maximum atomic E-state index is 3.96. The highest BCUT2D eigenvalue weighted by molar-refractivity contribution is 4.88. The topological polar surface area (TPSA) is 15.3 Å². The van der Waals surface area contributed by atoms with E-state index >= 15 is 0 Å². The first-order valence-electron chi connectivity index (χ1n) is 7.70. The maximum Gasteiger partial charge on any atom is 0.0210 e. The third kappa shape index (κ3) is 3.45. The lowest BCUT2D eigenvalue weighted by Gasteiger charge is -2.34. The van der Waals surface area contributed by atoms with E-state index < -0.39 is 0 Å². The van der Waals surface area contributed by atoms with Crippen molar-refractivity contribution < 1.29 is 0 Å². The van der Waals surface area contributed by atoms with Crippen molar-refractivity contribution in [3.8, 4) is 0 Å². The Morgan fingerprint density at radius 3 is 2.59 bits per heavy atom. The van der Waals surface area contributed by atoms with E-state index in [0.29, 0.717) is 0 Å². The van der Waals surface area contributed by atoms with Crippen molar-refractivity contribution in [1.82, 2.24) is 10.2 Å². The highest BCUT2D eigenvalue weighted by Gasteiger charge is 2.29. The van der Waals surface area contributed by atoms with Crippen molar-refractivity contribution in [2.24, 2.45) is 5.92 Å². The summed E-state index contributed by atoms with van der Waals surface area (Å²) in [5.41, 5.74) is 0. The van der Waals surface area contributed by atoms with Crippen LogP contribution in [0.3, 0.4) is 0 Å². The third-order valence-electron chi connectivity index (χ3n) is 4.83. The van der Waals surface area contributed by atoms with Crippen LogP contribution >= 0.6 is 0 Å². The van der Waals surface area contributed by atoms with Gasteiger partial charge in [-0.05, 0) is 45.6 Å². The van der Waals surface area contributed by atoms with Crippen molar-refractivity contribution in [3.05, 3.63) is 0 Å². The van der Waals surface area contributed by atoms with Gasteiger partial charge in [0, 0.05) is 24.7 Å². The summed E-state index contributed by atoms with van der Waals surface area (Å²) in [6.45, 7) is 9.55. The largest absolute Gasteiger partial charge is 0.310 e. The summed E-state index contributed by atoms with van der Waals surface area (Å²) in [6, 6.07) is 2.29. The van der Waals surface area contributed by atoms with Gasteiger partial charge in [0.2, 0.25) is 0 Å². The lowest BCUT2D eigenvalue weighted by molar-refractivity contribution is 0.224. The van der Waals surface area contributed by atoms with Gasteiger partial charge in [-0.15, -0.1) is 0 Å². The smallest absolute Gasteiger partial charge is 0.0210 e. The van der Waals surface area contributed by atoms with Crippen LogP contribution in [-0.4, -0.2) is 36.1 Å². The van der Waals surface area contributed by atoms with E-state index in [0.717, 1.165) is 24.0 Å². The zero-order chi connectivity index (χ0) is 12.3. The summed E-state index contributed by atoms with van der Waals surface area (Å²) in [5.74, 6) is 0.942. The molecule has 1 N–H and O–H groups in total. The summed E-state index contributed by atoms with van der Waals surface area (Å²) < 4.78 is 0. The Bertz CT molecular complexity index is 227. The fraction of sp³-hybridized carbons (Fsp3) is 1.00. The SMILES string of the molecule is CCC1CCCCC1NC1CCN(C(C)C)C1. The van der Waals surface area contributed by atoms with E-state index in [1.807, 2.05) is 0 Å². The molecule has 1 aliphatic carbocycles. The van der Waals surface area contributed by atoms with Crippen LogP contribution in [0.4, 0.5) is 0 Å². The number of likely N-dealkylation sites (tertiary alicyclic amines) is 1. The molecule has 1 saturated carbocycles. The first-order valence-corrected chi connectivity index (χ1v) is 7.70. The second kappa shape index (κ2) is 6.19. The minimum absolute atomic E-state index is 0.718. The highest BCUT2D eigenvalue weighted by atomic mass is 15.2. The van der Waals surface area contributed by atoms with Gasteiger partial charge in [-0.25, -0.2) is 0 Å². The Labute approximate surface area is 107 Å². The molecule has 2 nitrogen and oxygen atoms in total. The Morgan fingerprint density at radius 1 is 1.18 bits per heavy atom. The van der Waals surface area contributed by atoms with Crippen molar-refractivity contribution in [1.29, 1.82) is 0 Å². The van der Waals surface area contributed by atoms with Crippen molar-refractivity contribution in [2.75, 3.05) is 13.1 Å². The molecular weight excluding hydrogens is 208 g/mol. The number of nitrogens with one attached hydrogen (secondary N) is 1. The quantitative estimate of drug-likeness (QED) is 0.810. The van der Waals surface area contributed by atoms with E-state index in [1.165, 1.54) is 51.6 Å². The molecule has 100 valence electrons. The summed E-state index contributed by atoms with van der Waals surface area (Å²) in [6.07, 6.45) is 8.48. The monoisotopic (exact) mass is 238 g/mol. The predicted molar refractivity (Wildman–Crippen MR) is 74.3 cm³/mol. The number of rotatable bonds is 4. The van der Waals surface area contributed by atoms with Gasteiger partial charge in [-0.1, -0.05) is 26.2 Å². The molecular formula is C15H30N2. The molecule has 2 aliphatic rings. The standard InChI is InChI=1S/C15H30N2/c1-4-13-7-5-6-8-15(13)16-14-9-10-17(11-14)12(2)3/h12-16H,4-11H2,1-3H3. The molecule has 1 aliphatic heterocycles. The van der Waals surface area contributed by atoms with E-state index in [2.05, 4.69) is 31.0 Å². The van der Waals surface area contributed by atoms with Gasteiger partial charge in [0.15, 0.2) is 0 Å². The molecule has 0 aromatic heterocycles. The first kappa shape index (κ1) is 13.4. The summed E-state index contributed by atoms with van der Waals surface area (Å²) >= 11 is 0. The molecule has 17 heavy (non-hydrogen) atoms. The molecule has 0 bridgehead atoms. The maximum absolute atomic E-state index is 3.96. The van der Waals surface area contributed by atoms with Crippen molar-refractivity contribution in [3.63, 3.8) is 0 Å². The molecule has 0 aromatic carbocycles. The highest BCUT2D eigenvalue weighted by Crippen LogP contribution is 2.28. The Morgan fingerprint density at radius 2 is 1.94 bits per heavy atom. The van der Waals surface area contributed by atoms with E-state index in [-0.39, 0.29) is 0 Å². The van der Waals surface area contributed by atoms with Gasteiger partial charge in [-0.3, -0.25) is 4.90 Å². The zero-order valence-corrected chi connectivity index (χ0v) is 11.9. The molecule has 2 heteroatoms. The van der Waals surface area contributed by atoms with Gasteiger partial charge in [0.05, 0.1) is 0 Å². The van der Waals surface area contributed by atoms with Gasteiger partial charge in [0.1, 0.15) is 0 Å². The van der Waals surface area contributed by atoms with Gasteiger partial charge < -0.3 is 5.32 Å². The predicted octanol–water partition coefficient (Wildman–Crippen LogP) is 3.03. The van der Waals surface area contributed by atoms with Gasteiger partial charge in [-0.2, -0.15) is 0 Å². The number of hydrogen-bond acceptors (Lipinski definition) is 2. The Kier molecular flexibility index (Phi) is 4.87. The average molecular weight is 238 g/mol. The van der Waals surface area contributed by atoms with E-state index in [1.54, 1.807) is 0 Å². The molecule has 1 heterocycles. The van der Waals surface area contributed by atoms with Crippen LogP contribution < -0.4 is 5.32 Å². The molecule has 0 amide bonds.